The molecular weight excluding hydrogens is 266 g/mol. The van der Waals surface area contributed by atoms with Crippen molar-refractivity contribution in [2.75, 3.05) is 5.23 Å². The lowest BCUT2D eigenvalue weighted by atomic mass is 10.1. The van der Waals surface area contributed by atoms with E-state index in [1.54, 1.807) is 0 Å². The third kappa shape index (κ3) is 2.95. The van der Waals surface area contributed by atoms with Gasteiger partial charge >= 0.3 is 11.9 Å². The standard InChI is InChI=1S/C13H12NO6/c1-13(2)19-11(15)10(12(16)20-13)7-8-3-5-9(6-4-8)14(17)18/h3-7,17H,1-2H3/q-1. The molecule has 7 heteroatoms. The number of carbonyl (C=O) groups is 2. The quantitative estimate of drug-likeness (QED) is 0.379. The summed E-state index contributed by atoms with van der Waals surface area (Å²) in [5, 5.41) is 19.0. The molecule has 2 rings (SSSR count). The van der Waals surface area contributed by atoms with E-state index in [0.29, 0.717) is 5.56 Å². The number of esters is 2. The third-order valence-corrected chi connectivity index (χ3v) is 2.54. The maximum absolute atomic E-state index is 11.7. The topological polar surface area (TPSA) is 99.1 Å². The first-order chi connectivity index (χ1) is 9.28. The van der Waals surface area contributed by atoms with Crippen LogP contribution < -0.4 is 5.23 Å². The summed E-state index contributed by atoms with van der Waals surface area (Å²) in [5.74, 6) is -2.83. The molecule has 0 atom stereocenters. The van der Waals surface area contributed by atoms with Crippen LogP contribution in [0.15, 0.2) is 29.8 Å². The molecular formula is C13H12NO6-. The second-order valence-corrected chi connectivity index (χ2v) is 4.60. The lowest BCUT2D eigenvalue weighted by molar-refractivity contribution is -0.222. The molecule has 0 amide bonds. The van der Waals surface area contributed by atoms with Gasteiger partial charge in [0.15, 0.2) is 0 Å². The van der Waals surface area contributed by atoms with Gasteiger partial charge in [0.05, 0.1) is 5.69 Å². The minimum atomic E-state index is -1.28. The predicted molar refractivity (Wildman–Crippen MR) is 68.3 cm³/mol. The van der Waals surface area contributed by atoms with E-state index in [4.69, 9.17) is 14.7 Å². The maximum atomic E-state index is 11.7. The molecule has 1 aliphatic heterocycles. The van der Waals surface area contributed by atoms with Crippen molar-refractivity contribution in [1.82, 2.24) is 0 Å². The minimum Gasteiger partial charge on any atom is -0.733 e. The predicted octanol–water partition coefficient (Wildman–Crippen LogP) is 1.60. The first-order valence-corrected chi connectivity index (χ1v) is 5.73. The molecule has 106 valence electrons. The lowest BCUT2D eigenvalue weighted by Gasteiger charge is -2.29. The van der Waals surface area contributed by atoms with Gasteiger partial charge in [-0.05, 0) is 23.8 Å². The van der Waals surface area contributed by atoms with Gasteiger partial charge in [-0.15, -0.1) is 0 Å². The fraction of sp³-hybridized carbons (Fsp3) is 0.231. The average Bonchev–Trinajstić information content (AvgIpc) is 2.33. The van der Waals surface area contributed by atoms with Gasteiger partial charge < -0.3 is 19.9 Å². The summed E-state index contributed by atoms with van der Waals surface area (Å²) in [6.07, 6.45) is 1.29. The molecule has 1 heterocycles. The summed E-state index contributed by atoms with van der Waals surface area (Å²) in [6, 6.07) is 5.60. The first kappa shape index (κ1) is 14.0. The van der Waals surface area contributed by atoms with Crippen LogP contribution in [0.3, 0.4) is 0 Å². The highest BCUT2D eigenvalue weighted by Crippen LogP contribution is 2.24. The SMILES string of the molecule is CC1(C)OC(=O)C(=Cc2ccc(N([O-])O)cc2)C(=O)O1. The largest absolute Gasteiger partial charge is 0.733 e. The monoisotopic (exact) mass is 278 g/mol. The molecule has 0 radical (unpaired) electrons. The Morgan fingerprint density at radius 3 is 2.10 bits per heavy atom. The van der Waals surface area contributed by atoms with Crippen LogP contribution in [-0.2, 0) is 19.1 Å². The zero-order valence-corrected chi connectivity index (χ0v) is 10.8. The lowest BCUT2D eigenvalue weighted by Crippen LogP contribution is -2.41. The number of carbonyl (C=O) groups excluding carboxylic acids is 2. The van der Waals surface area contributed by atoms with Crippen molar-refractivity contribution in [2.45, 2.75) is 19.6 Å². The molecule has 20 heavy (non-hydrogen) atoms. The van der Waals surface area contributed by atoms with Crippen molar-refractivity contribution < 1.29 is 24.3 Å². The Morgan fingerprint density at radius 1 is 1.15 bits per heavy atom. The number of nitrogens with zero attached hydrogens (tertiary/aromatic N) is 1. The van der Waals surface area contributed by atoms with Gasteiger partial charge in [0.25, 0.3) is 5.79 Å². The highest BCUT2D eigenvalue weighted by molar-refractivity contribution is 6.18. The van der Waals surface area contributed by atoms with E-state index in [1.165, 1.54) is 44.2 Å². The molecule has 1 fully saturated rings. The van der Waals surface area contributed by atoms with Crippen LogP contribution in [0.1, 0.15) is 19.4 Å². The van der Waals surface area contributed by atoms with Crippen LogP contribution in [-0.4, -0.2) is 22.9 Å². The van der Waals surface area contributed by atoms with E-state index < -0.39 is 17.7 Å². The summed E-state index contributed by atoms with van der Waals surface area (Å²) >= 11 is 0. The molecule has 1 aliphatic rings. The molecule has 0 bridgehead atoms. The van der Waals surface area contributed by atoms with E-state index in [9.17, 15) is 14.8 Å². The maximum Gasteiger partial charge on any atom is 0.348 e. The molecule has 0 aliphatic carbocycles. The van der Waals surface area contributed by atoms with Crippen molar-refractivity contribution in [3.8, 4) is 0 Å². The molecule has 1 aromatic carbocycles. The van der Waals surface area contributed by atoms with Gasteiger partial charge in [0, 0.05) is 13.8 Å². The molecule has 0 aromatic heterocycles. The number of rotatable bonds is 2. The van der Waals surface area contributed by atoms with Crippen molar-refractivity contribution in [1.29, 1.82) is 0 Å². The van der Waals surface area contributed by atoms with E-state index in [0.717, 1.165) is 0 Å². The van der Waals surface area contributed by atoms with Crippen LogP contribution in [0.25, 0.3) is 6.08 Å². The molecule has 1 aromatic rings. The summed E-state index contributed by atoms with van der Waals surface area (Å²) < 4.78 is 9.88. The Hall–Kier alpha value is -2.38. The van der Waals surface area contributed by atoms with Crippen molar-refractivity contribution >= 4 is 23.7 Å². The Bertz CT molecular complexity index is 551. The van der Waals surface area contributed by atoms with E-state index >= 15 is 0 Å². The zero-order valence-electron chi connectivity index (χ0n) is 10.8. The van der Waals surface area contributed by atoms with E-state index in [2.05, 4.69) is 0 Å². The molecule has 1 saturated heterocycles. The highest BCUT2D eigenvalue weighted by Gasteiger charge is 2.38. The van der Waals surface area contributed by atoms with E-state index in [1.807, 2.05) is 0 Å². The molecule has 0 unspecified atom stereocenters. The van der Waals surface area contributed by atoms with Gasteiger partial charge in [0.1, 0.15) is 5.57 Å². The summed E-state index contributed by atoms with van der Waals surface area (Å²) in [4.78, 5) is 23.4. The van der Waals surface area contributed by atoms with Crippen LogP contribution in [0.2, 0.25) is 0 Å². The molecule has 7 nitrogen and oxygen atoms in total. The third-order valence-electron chi connectivity index (χ3n) is 2.54. The second kappa shape index (κ2) is 4.95. The van der Waals surface area contributed by atoms with Crippen molar-refractivity contribution in [3.63, 3.8) is 0 Å². The Morgan fingerprint density at radius 2 is 1.65 bits per heavy atom. The Labute approximate surface area is 114 Å². The highest BCUT2D eigenvalue weighted by atomic mass is 16.8. The zero-order chi connectivity index (χ0) is 14.9. The normalized spacial score (nSPS) is 17.3. The van der Waals surface area contributed by atoms with Gasteiger partial charge in [-0.1, -0.05) is 12.1 Å². The van der Waals surface area contributed by atoms with Gasteiger partial charge in [-0.25, -0.2) is 9.59 Å². The molecule has 0 spiro atoms. The summed E-state index contributed by atoms with van der Waals surface area (Å²) in [6.45, 7) is 2.91. The van der Waals surface area contributed by atoms with E-state index in [-0.39, 0.29) is 16.5 Å². The summed E-state index contributed by atoms with van der Waals surface area (Å²) in [5.41, 5.74) is 0.279. The number of hydrogen-bond donors (Lipinski definition) is 1. The van der Waals surface area contributed by atoms with Crippen LogP contribution in [0, 0.1) is 5.21 Å². The first-order valence-electron chi connectivity index (χ1n) is 5.73. The second-order valence-electron chi connectivity index (χ2n) is 4.60. The number of benzene rings is 1. The molecule has 0 saturated carbocycles. The summed E-state index contributed by atoms with van der Waals surface area (Å²) in [7, 11) is 0. The van der Waals surface area contributed by atoms with Gasteiger partial charge in [0.2, 0.25) is 0 Å². The number of ether oxygens (including phenoxy) is 2. The number of cyclic esters (lactones) is 2. The van der Waals surface area contributed by atoms with Gasteiger partial charge in [-0.3, -0.25) is 5.21 Å². The number of anilines is 1. The van der Waals surface area contributed by atoms with Crippen LogP contribution >= 0.6 is 0 Å². The van der Waals surface area contributed by atoms with Crippen molar-refractivity contribution in [3.05, 3.63) is 40.6 Å². The average molecular weight is 278 g/mol. The minimum absolute atomic E-state index is 0.0297. The fourth-order valence-corrected chi connectivity index (χ4v) is 1.64. The van der Waals surface area contributed by atoms with Crippen LogP contribution in [0.4, 0.5) is 5.69 Å². The van der Waals surface area contributed by atoms with Crippen molar-refractivity contribution in [2.24, 2.45) is 0 Å². The van der Waals surface area contributed by atoms with Crippen LogP contribution in [0.5, 0.6) is 0 Å². The Kier molecular flexibility index (Phi) is 3.47. The Balaban J connectivity index is 2.26. The molecule has 1 N–H and O–H groups in total. The fourth-order valence-electron chi connectivity index (χ4n) is 1.64. The smallest absolute Gasteiger partial charge is 0.348 e. The number of hydrogen-bond acceptors (Lipinski definition) is 7. The van der Waals surface area contributed by atoms with Gasteiger partial charge in [-0.2, -0.15) is 0 Å².